The number of carbonyl (C=O) groups excluding carboxylic acids is 2. The molecule has 0 unspecified atom stereocenters. The van der Waals surface area contributed by atoms with Gasteiger partial charge in [0.1, 0.15) is 11.3 Å². The summed E-state index contributed by atoms with van der Waals surface area (Å²) in [5.74, 6) is -0.910. The Kier molecular flexibility index (Phi) is 5.48. The lowest BCUT2D eigenvalue weighted by Crippen LogP contribution is -2.56. The van der Waals surface area contributed by atoms with Crippen LogP contribution in [0.25, 0.3) is 6.08 Å². The molecule has 7 heteroatoms. The number of rotatable bonds is 3. The summed E-state index contributed by atoms with van der Waals surface area (Å²) in [6.45, 7) is 0. The number of hydrogen-bond donors (Lipinski definition) is 1. The minimum atomic E-state index is -0.507. The highest BCUT2D eigenvalue weighted by atomic mass is 79.9. The number of carbonyl (C=O) groups is 2. The van der Waals surface area contributed by atoms with E-state index in [1.54, 1.807) is 60.7 Å². The molecule has 2 amide bonds. The van der Waals surface area contributed by atoms with Crippen LogP contribution in [0.2, 0.25) is 0 Å². The Morgan fingerprint density at radius 3 is 1.87 bits per heavy atom. The van der Waals surface area contributed by atoms with Gasteiger partial charge in [0.15, 0.2) is 5.11 Å². The number of anilines is 2. The summed E-state index contributed by atoms with van der Waals surface area (Å²) >= 11 is 8.96. The van der Waals surface area contributed by atoms with Crippen molar-refractivity contribution in [2.45, 2.75) is 0 Å². The van der Waals surface area contributed by atoms with E-state index in [2.05, 4.69) is 15.9 Å². The van der Waals surface area contributed by atoms with Crippen LogP contribution in [0.15, 0.2) is 88.9 Å². The monoisotopic (exact) mass is 478 g/mol. The van der Waals surface area contributed by atoms with Crippen molar-refractivity contribution in [3.8, 4) is 5.75 Å². The van der Waals surface area contributed by atoms with Crippen LogP contribution in [0, 0.1) is 0 Å². The molecule has 1 heterocycles. The third-order valence-corrected chi connectivity index (χ3v) is 5.45. The van der Waals surface area contributed by atoms with Crippen molar-refractivity contribution in [3.05, 3.63) is 94.5 Å². The van der Waals surface area contributed by atoms with Gasteiger partial charge in [0.25, 0.3) is 11.8 Å². The maximum Gasteiger partial charge on any atom is 0.270 e. The van der Waals surface area contributed by atoms with Crippen LogP contribution in [-0.4, -0.2) is 22.0 Å². The quantitative estimate of drug-likeness (QED) is 0.330. The van der Waals surface area contributed by atoms with Gasteiger partial charge in [-0.05, 0) is 72.4 Å². The summed E-state index contributed by atoms with van der Waals surface area (Å²) in [4.78, 5) is 29.4. The molecule has 0 atom stereocenters. The van der Waals surface area contributed by atoms with Crippen molar-refractivity contribution in [2.24, 2.45) is 0 Å². The second-order valence-corrected chi connectivity index (χ2v) is 7.81. The molecule has 1 aliphatic rings. The van der Waals surface area contributed by atoms with Gasteiger partial charge in [-0.15, -0.1) is 0 Å². The van der Waals surface area contributed by atoms with Gasteiger partial charge in [-0.1, -0.05) is 46.3 Å². The Hall–Kier alpha value is -3.29. The molecule has 0 bridgehead atoms. The molecule has 4 rings (SSSR count). The zero-order valence-corrected chi connectivity index (χ0v) is 17.9. The molecule has 0 saturated carbocycles. The Balaban J connectivity index is 1.86. The van der Waals surface area contributed by atoms with Crippen molar-refractivity contribution in [3.63, 3.8) is 0 Å². The van der Waals surface area contributed by atoms with Crippen LogP contribution in [0.5, 0.6) is 5.75 Å². The molecule has 5 nitrogen and oxygen atoms in total. The number of phenols is 1. The first-order valence-corrected chi connectivity index (χ1v) is 10.2. The van der Waals surface area contributed by atoms with Gasteiger partial charge in [-0.25, -0.2) is 0 Å². The highest BCUT2D eigenvalue weighted by Crippen LogP contribution is 2.30. The number of phenolic OH excluding ortho intramolecular Hbond substituents is 1. The van der Waals surface area contributed by atoms with Gasteiger partial charge in [0.2, 0.25) is 0 Å². The van der Waals surface area contributed by atoms with Gasteiger partial charge in [-0.2, -0.15) is 0 Å². The van der Waals surface area contributed by atoms with E-state index in [0.29, 0.717) is 16.9 Å². The number of halogens is 1. The van der Waals surface area contributed by atoms with Crippen LogP contribution < -0.4 is 9.80 Å². The number of thiocarbonyl (C=S) groups is 1. The van der Waals surface area contributed by atoms with Crippen LogP contribution >= 0.6 is 28.1 Å². The average molecular weight is 479 g/mol. The lowest BCUT2D eigenvalue weighted by Gasteiger charge is -2.36. The molecule has 0 aromatic heterocycles. The van der Waals surface area contributed by atoms with E-state index >= 15 is 0 Å². The van der Waals surface area contributed by atoms with Crippen LogP contribution in [0.4, 0.5) is 11.4 Å². The maximum atomic E-state index is 13.3. The minimum absolute atomic E-state index is 0.0268. The molecule has 3 aromatic carbocycles. The van der Waals surface area contributed by atoms with E-state index in [1.165, 1.54) is 28.0 Å². The molecule has 0 radical (unpaired) electrons. The Morgan fingerprint density at radius 1 is 0.767 bits per heavy atom. The van der Waals surface area contributed by atoms with E-state index in [0.717, 1.165) is 4.47 Å². The molecule has 1 saturated heterocycles. The predicted octanol–water partition coefficient (Wildman–Crippen LogP) is 4.90. The Labute approximate surface area is 187 Å². The number of amides is 2. The van der Waals surface area contributed by atoms with Crippen LogP contribution in [0.1, 0.15) is 5.56 Å². The Morgan fingerprint density at radius 2 is 1.30 bits per heavy atom. The summed E-state index contributed by atoms with van der Waals surface area (Å²) in [7, 11) is 0. The van der Waals surface area contributed by atoms with Crippen molar-refractivity contribution < 1.29 is 14.7 Å². The molecular formula is C23H15BrN2O3S. The third kappa shape index (κ3) is 3.77. The topological polar surface area (TPSA) is 60.9 Å². The van der Waals surface area contributed by atoms with Crippen molar-refractivity contribution >= 4 is 62.5 Å². The summed E-state index contributed by atoms with van der Waals surface area (Å²) in [5.41, 5.74) is 1.71. The highest BCUT2D eigenvalue weighted by Gasteiger charge is 2.41. The normalized spacial score (nSPS) is 15.8. The third-order valence-electron chi connectivity index (χ3n) is 4.55. The Bertz CT molecular complexity index is 1160. The van der Waals surface area contributed by atoms with Gasteiger partial charge >= 0.3 is 0 Å². The number of para-hydroxylation sites is 1. The van der Waals surface area contributed by atoms with E-state index in [4.69, 9.17) is 12.2 Å². The fourth-order valence-corrected chi connectivity index (χ4v) is 3.73. The number of aromatic hydroxyl groups is 1. The van der Waals surface area contributed by atoms with E-state index in [9.17, 15) is 14.7 Å². The molecule has 1 aliphatic heterocycles. The smallest absolute Gasteiger partial charge is 0.270 e. The fraction of sp³-hybridized carbons (Fsp3) is 0. The predicted molar refractivity (Wildman–Crippen MR) is 124 cm³/mol. The van der Waals surface area contributed by atoms with Crippen molar-refractivity contribution in [2.75, 3.05) is 9.80 Å². The molecule has 30 heavy (non-hydrogen) atoms. The van der Waals surface area contributed by atoms with E-state index < -0.39 is 11.8 Å². The van der Waals surface area contributed by atoms with Gasteiger partial charge in [-0.3, -0.25) is 19.4 Å². The fourth-order valence-electron chi connectivity index (χ4n) is 3.09. The van der Waals surface area contributed by atoms with Crippen molar-refractivity contribution in [1.82, 2.24) is 0 Å². The summed E-state index contributed by atoms with van der Waals surface area (Å²) < 4.78 is 0.859. The standard InChI is InChI=1S/C23H15BrN2O3S/c24-16-8-10-18(11-9-16)26-22(29)20(14-15-6-12-19(27)13-7-15)21(28)25(23(26)30)17-4-2-1-3-5-17/h1-14,27H. The van der Waals surface area contributed by atoms with Gasteiger partial charge < -0.3 is 5.11 Å². The first-order valence-electron chi connectivity index (χ1n) is 9.00. The van der Waals surface area contributed by atoms with Gasteiger partial charge in [0, 0.05) is 4.47 Å². The molecule has 0 spiro atoms. The molecule has 3 aromatic rings. The van der Waals surface area contributed by atoms with Crippen LogP contribution in [0.3, 0.4) is 0 Å². The lowest BCUT2D eigenvalue weighted by molar-refractivity contribution is -0.120. The van der Waals surface area contributed by atoms with Crippen molar-refractivity contribution in [1.29, 1.82) is 0 Å². The second kappa shape index (κ2) is 8.22. The lowest BCUT2D eigenvalue weighted by atomic mass is 10.0. The summed E-state index contributed by atoms with van der Waals surface area (Å²) in [5, 5.41) is 9.60. The number of hydrogen-bond acceptors (Lipinski definition) is 4. The first kappa shape index (κ1) is 20.0. The number of benzene rings is 3. The van der Waals surface area contributed by atoms with Gasteiger partial charge in [0.05, 0.1) is 11.4 Å². The first-order chi connectivity index (χ1) is 14.5. The van der Waals surface area contributed by atoms with E-state index in [-0.39, 0.29) is 16.4 Å². The number of nitrogens with zero attached hydrogens (tertiary/aromatic N) is 2. The second-order valence-electron chi connectivity index (χ2n) is 6.53. The average Bonchev–Trinajstić information content (AvgIpc) is 2.75. The summed E-state index contributed by atoms with van der Waals surface area (Å²) in [6.07, 6.45) is 1.51. The molecular weight excluding hydrogens is 464 g/mol. The molecule has 1 fully saturated rings. The van der Waals surface area contributed by atoms with E-state index in [1.807, 2.05) is 6.07 Å². The molecule has 0 aliphatic carbocycles. The zero-order valence-electron chi connectivity index (χ0n) is 15.5. The zero-order chi connectivity index (χ0) is 21.3. The molecule has 148 valence electrons. The largest absolute Gasteiger partial charge is 0.508 e. The molecule has 1 N–H and O–H groups in total. The summed E-state index contributed by atoms with van der Waals surface area (Å²) in [6, 6.07) is 22.3. The maximum absolute atomic E-state index is 13.3. The highest BCUT2D eigenvalue weighted by molar-refractivity contribution is 9.10. The minimum Gasteiger partial charge on any atom is -0.508 e. The van der Waals surface area contributed by atoms with Crippen LogP contribution in [-0.2, 0) is 9.59 Å². The SMILES string of the molecule is O=C1C(=Cc2ccc(O)cc2)C(=O)N(c2ccc(Br)cc2)C(=S)N1c1ccccc1.